The van der Waals surface area contributed by atoms with Crippen molar-refractivity contribution in [3.8, 4) is 11.5 Å². The summed E-state index contributed by atoms with van der Waals surface area (Å²) in [5, 5.41) is 15.9. The lowest BCUT2D eigenvalue weighted by Gasteiger charge is -2.13. The summed E-state index contributed by atoms with van der Waals surface area (Å²) in [5.41, 5.74) is 1.58. The number of hydrogen-bond donors (Lipinski definition) is 1. The van der Waals surface area contributed by atoms with Gasteiger partial charge in [0.2, 0.25) is 0 Å². The van der Waals surface area contributed by atoms with E-state index in [-0.39, 0.29) is 12.3 Å². The maximum atomic E-state index is 12.9. The molecule has 0 saturated heterocycles. The van der Waals surface area contributed by atoms with Crippen molar-refractivity contribution >= 4 is 56.7 Å². The van der Waals surface area contributed by atoms with Crippen molar-refractivity contribution in [2.24, 2.45) is 5.10 Å². The molecule has 0 aliphatic rings. The molecule has 0 spiro atoms. The van der Waals surface area contributed by atoms with E-state index >= 15 is 0 Å². The number of halogens is 6. The molecule has 0 unspecified atom stereocenters. The Morgan fingerprint density at radius 2 is 1.86 bits per heavy atom. The molecule has 0 amide bonds. The fourth-order valence-electron chi connectivity index (χ4n) is 2.84. The van der Waals surface area contributed by atoms with Crippen LogP contribution in [0, 0.1) is 10.1 Å². The highest BCUT2D eigenvalue weighted by Crippen LogP contribution is 2.36. The number of methoxy groups -OCH3 is 1. The van der Waals surface area contributed by atoms with Crippen LogP contribution in [0.4, 0.5) is 24.5 Å². The molecule has 1 N–H and O–H groups in total. The first kappa shape index (κ1) is 26.6. The molecule has 184 valence electrons. The summed E-state index contributed by atoms with van der Waals surface area (Å²) in [5.74, 6) is 0.782. The number of hydrogen-bond acceptors (Lipinski definition) is 6. The molecule has 0 fully saturated rings. The van der Waals surface area contributed by atoms with Gasteiger partial charge in [0.25, 0.3) is 5.69 Å². The van der Waals surface area contributed by atoms with E-state index in [4.69, 9.17) is 32.7 Å². The van der Waals surface area contributed by atoms with Gasteiger partial charge in [-0.2, -0.15) is 18.3 Å². The van der Waals surface area contributed by atoms with E-state index in [1.54, 1.807) is 30.3 Å². The minimum Gasteiger partial charge on any atom is -0.493 e. The number of anilines is 1. The molecule has 3 aromatic rings. The van der Waals surface area contributed by atoms with Gasteiger partial charge in [-0.1, -0.05) is 29.3 Å². The number of nitro benzene ring substituents is 1. The fourth-order valence-corrected chi connectivity index (χ4v) is 3.58. The zero-order chi connectivity index (χ0) is 25.8. The molecule has 0 bridgehead atoms. The third kappa shape index (κ3) is 6.77. The van der Waals surface area contributed by atoms with Crippen molar-refractivity contribution in [2.45, 2.75) is 12.8 Å². The van der Waals surface area contributed by atoms with Crippen LogP contribution in [0.5, 0.6) is 11.5 Å². The molecule has 0 aliphatic heterocycles. The lowest BCUT2D eigenvalue weighted by molar-refractivity contribution is -0.384. The van der Waals surface area contributed by atoms with Crippen molar-refractivity contribution in [1.82, 2.24) is 0 Å². The molecular formula is C22H15BrCl2F3N3O4. The molecule has 0 aromatic heterocycles. The topological polar surface area (TPSA) is 86.0 Å². The van der Waals surface area contributed by atoms with Crippen LogP contribution < -0.4 is 14.9 Å². The van der Waals surface area contributed by atoms with Crippen molar-refractivity contribution in [3.05, 3.63) is 89.9 Å². The Labute approximate surface area is 215 Å². The van der Waals surface area contributed by atoms with Gasteiger partial charge in [0, 0.05) is 16.1 Å². The minimum absolute atomic E-state index is 0.187. The maximum Gasteiger partial charge on any atom is 0.416 e. The molecule has 3 aromatic carbocycles. The molecule has 0 aliphatic carbocycles. The lowest BCUT2D eigenvalue weighted by atomic mass is 10.1. The van der Waals surface area contributed by atoms with Crippen LogP contribution in [0.3, 0.4) is 0 Å². The summed E-state index contributed by atoms with van der Waals surface area (Å²) < 4.78 is 50.3. The second kappa shape index (κ2) is 11.1. The molecule has 0 radical (unpaired) electrons. The lowest BCUT2D eigenvalue weighted by Crippen LogP contribution is -2.06. The molecule has 13 heteroatoms. The van der Waals surface area contributed by atoms with Gasteiger partial charge in [-0.3, -0.25) is 15.5 Å². The van der Waals surface area contributed by atoms with E-state index in [1.807, 2.05) is 0 Å². The Bertz CT molecular complexity index is 1290. The summed E-state index contributed by atoms with van der Waals surface area (Å²) in [6.45, 7) is 0.187. The summed E-state index contributed by atoms with van der Waals surface area (Å²) in [7, 11) is 1.44. The summed E-state index contributed by atoms with van der Waals surface area (Å²) in [6, 6.07) is 10.4. The van der Waals surface area contributed by atoms with Crippen molar-refractivity contribution in [1.29, 1.82) is 0 Å². The van der Waals surface area contributed by atoms with Gasteiger partial charge >= 0.3 is 6.18 Å². The number of nitro groups is 1. The highest BCUT2D eigenvalue weighted by Gasteiger charge is 2.33. The first-order valence-electron chi connectivity index (χ1n) is 9.58. The van der Waals surface area contributed by atoms with Crippen molar-refractivity contribution < 1.29 is 27.6 Å². The normalized spacial score (nSPS) is 11.5. The SMILES string of the molecule is COc1cc(/C=N\Nc2ccc(C(F)(F)F)cc2[N+](=O)[O-])c(Br)cc1OCc1ccc(Cl)c(Cl)c1. The summed E-state index contributed by atoms with van der Waals surface area (Å²) in [4.78, 5) is 10.3. The van der Waals surface area contributed by atoms with Crippen LogP contribution in [-0.4, -0.2) is 18.2 Å². The average Bonchev–Trinajstić information content (AvgIpc) is 2.80. The van der Waals surface area contributed by atoms with Gasteiger partial charge in [-0.25, -0.2) is 0 Å². The quantitative estimate of drug-likeness (QED) is 0.164. The van der Waals surface area contributed by atoms with Crippen LogP contribution in [0.1, 0.15) is 16.7 Å². The fraction of sp³-hybridized carbons (Fsp3) is 0.136. The monoisotopic (exact) mass is 591 g/mol. The van der Waals surface area contributed by atoms with Crippen molar-refractivity contribution in [2.75, 3.05) is 12.5 Å². The average molecular weight is 593 g/mol. The smallest absolute Gasteiger partial charge is 0.416 e. The van der Waals surface area contributed by atoms with Crippen molar-refractivity contribution in [3.63, 3.8) is 0 Å². The third-order valence-electron chi connectivity index (χ3n) is 4.57. The number of ether oxygens (including phenoxy) is 2. The van der Waals surface area contributed by atoms with Gasteiger partial charge in [0.1, 0.15) is 12.3 Å². The summed E-state index contributed by atoms with van der Waals surface area (Å²) >= 11 is 15.3. The molecule has 0 saturated carbocycles. The number of nitrogens with one attached hydrogen (secondary N) is 1. The third-order valence-corrected chi connectivity index (χ3v) is 6.00. The Hall–Kier alpha value is -3.02. The second-order valence-electron chi connectivity index (χ2n) is 6.92. The number of hydrazone groups is 1. The summed E-state index contributed by atoms with van der Waals surface area (Å²) in [6.07, 6.45) is -3.39. The van der Waals surface area contributed by atoms with Crippen LogP contribution in [0.25, 0.3) is 0 Å². The predicted octanol–water partition coefficient (Wildman–Crippen LogP) is 7.72. The highest BCUT2D eigenvalue weighted by molar-refractivity contribution is 9.10. The van der Waals surface area contributed by atoms with Gasteiger partial charge in [0.05, 0.1) is 33.9 Å². The molecule has 0 atom stereocenters. The number of nitrogens with zero attached hydrogens (tertiary/aromatic N) is 2. The van der Waals surface area contributed by atoms with Crippen LogP contribution in [0.2, 0.25) is 10.0 Å². The van der Waals surface area contributed by atoms with E-state index in [1.165, 1.54) is 13.3 Å². The van der Waals surface area contributed by atoms with Gasteiger partial charge in [-0.15, -0.1) is 0 Å². The van der Waals surface area contributed by atoms with E-state index < -0.39 is 22.4 Å². The van der Waals surface area contributed by atoms with E-state index in [0.717, 1.165) is 17.7 Å². The standard InChI is InChI=1S/C22H15BrCl2F3N3O4/c1-34-20-7-13(15(23)9-21(20)35-11-12-2-4-16(24)17(25)6-12)10-29-30-18-5-3-14(22(26,27)28)8-19(18)31(32)33/h2-10,30H,11H2,1H3/b29-10-. The van der Waals surface area contributed by atoms with Gasteiger partial charge in [-0.05, 0) is 57.9 Å². The van der Waals surface area contributed by atoms with E-state index in [0.29, 0.717) is 37.6 Å². The Balaban J connectivity index is 1.78. The Morgan fingerprint density at radius 3 is 2.49 bits per heavy atom. The van der Waals surface area contributed by atoms with Gasteiger partial charge in [0.15, 0.2) is 11.5 Å². The number of rotatable bonds is 8. The Morgan fingerprint density at radius 1 is 1.11 bits per heavy atom. The molecule has 7 nitrogen and oxygen atoms in total. The largest absolute Gasteiger partial charge is 0.493 e. The number of alkyl halides is 3. The minimum atomic E-state index is -4.71. The zero-order valence-electron chi connectivity index (χ0n) is 17.7. The van der Waals surface area contributed by atoms with Crippen LogP contribution >= 0.6 is 39.1 Å². The molecule has 0 heterocycles. The van der Waals surface area contributed by atoms with E-state index in [9.17, 15) is 23.3 Å². The molecule has 35 heavy (non-hydrogen) atoms. The first-order valence-corrected chi connectivity index (χ1v) is 11.1. The van der Waals surface area contributed by atoms with Gasteiger partial charge < -0.3 is 9.47 Å². The number of benzene rings is 3. The Kier molecular flexibility index (Phi) is 8.47. The van der Waals surface area contributed by atoms with E-state index in [2.05, 4.69) is 26.5 Å². The second-order valence-corrected chi connectivity index (χ2v) is 8.59. The van der Waals surface area contributed by atoms with Crippen LogP contribution in [0.15, 0.2) is 58.1 Å². The highest BCUT2D eigenvalue weighted by atomic mass is 79.9. The predicted molar refractivity (Wildman–Crippen MR) is 131 cm³/mol. The van der Waals surface area contributed by atoms with Crippen LogP contribution in [-0.2, 0) is 12.8 Å². The molecular weight excluding hydrogens is 578 g/mol. The first-order chi connectivity index (χ1) is 16.5. The molecule has 3 rings (SSSR count). The maximum absolute atomic E-state index is 12.9. The zero-order valence-corrected chi connectivity index (χ0v) is 20.8.